The molecule has 134 valence electrons. The second-order valence-corrected chi connectivity index (χ2v) is 7.95. The van der Waals surface area contributed by atoms with E-state index in [0.717, 1.165) is 30.3 Å². The summed E-state index contributed by atoms with van der Waals surface area (Å²) in [6.07, 6.45) is 3.13. The molecule has 2 fully saturated rings. The Bertz CT molecular complexity index is 792. The summed E-state index contributed by atoms with van der Waals surface area (Å²) in [6, 6.07) is 14.6. The monoisotopic (exact) mass is 361 g/mol. The Balaban J connectivity index is 0.000000151. The molecule has 2 aromatic rings. The Morgan fingerprint density at radius 1 is 1.00 bits per heavy atom. The van der Waals surface area contributed by atoms with Crippen molar-refractivity contribution < 1.29 is 17.7 Å². The lowest BCUT2D eigenvalue weighted by Gasteiger charge is -2.27. The molecule has 0 atom stereocenters. The standard InChI is InChI=1S/C12H15NO.C7H8O3S/c1-2-9(1)10-3-5-11(6-4-10)14-12-7-13-8-12;1-6-2-4-7(5-3-6)11(8,9)10/h3-6,9,12-13H,1-2,7-8H2;2-5H,1H3,(H,8,9,10). The molecular weight excluding hydrogens is 338 g/mol. The van der Waals surface area contributed by atoms with E-state index >= 15 is 0 Å². The summed E-state index contributed by atoms with van der Waals surface area (Å²) < 4.78 is 35.3. The minimum absolute atomic E-state index is 0.0666. The highest BCUT2D eigenvalue weighted by Crippen LogP contribution is 2.40. The average molecular weight is 361 g/mol. The first-order valence-electron chi connectivity index (χ1n) is 8.43. The summed E-state index contributed by atoms with van der Waals surface area (Å²) in [5.41, 5.74) is 2.43. The summed E-state index contributed by atoms with van der Waals surface area (Å²) in [5, 5.41) is 3.20. The zero-order chi connectivity index (χ0) is 17.9. The van der Waals surface area contributed by atoms with E-state index in [-0.39, 0.29) is 4.90 Å². The van der Waals surface area contributed by atoms with Gasteiger partial charge in [0.15, 0.2) is 0 Å². The maximum Gasteiger partial charge on any atom is 0.294 e. The largest absolute Gasteiger partial charge is 0.488 e. The van der Waals surface area contributed by atoms with Gasteiger partial charge < -0.3 is 10.1 Å². The van der Waals surface area contributed by atoms with Crippen LogP contribution in [0.15, 0.2) is 53.4 Å². The number of hydrogen-bond donors (Lipinski definition) is 2. The minimum Gasteiger partial charge on any atom is -0.488 e. The fraction of sp³-hybridized carbons (Fsp3) is 0.368. The van der Waals surface area contributed by atoms with Crippen LogP contribution in [0, 0.1) is 6.92 Å². The molecule has 1 saturated heterocycles. The third kappa shape index (κ3) is 5.29. The molecule has 25 heavy (non-hydrogen) atoms. The third-order valence-electron chi connectivity index (χ3n) is 4.29. The van der Waals surface area contributed by atoms with Crippen molar-refractivity contribution in [1.29, 1.82) is 0 Å². The van der Waals surface area contributed by atoms with Crippen molar-refractivity contribution in [1.82, 2.24) is 5.32 Å². The highest BCUT2D eigenvalue weighted by Gasteiger charge is 2.23. The molecule has 1 aliphatic carbocycles. The first-order chi connectivity index (χ1) is 11.9. The Hall–Kier alpha value is -1.89. The van der Waals surface area contributed by atoms with Gasteiger partial charge in [-0.05, 0) is 55.5 Å². The molecule has 1 aliphatic heterocycles. The highest BCUT2D eigenvalue weighted by molar-refractivity contribution is 7.85. The van der Waals surface area contributed by atoms with Crippen LogP contribution in [0.1, 0.15) is 29.9 Å². The van der Waals surface area contributed by atoms with Crippen LogP contribution < -0.4 is 10.1 Å². The van der Waals surface area contributed by atoms with Crippen LogP contribution in [0.5, 0.6) is 5.75 Å². The SMILES string of the molecule is Cc1ccc(S(=O)(=O)O)cc1.c1cc(C2CC2)ccc1OC1CNC1. The first-order valence-corrected chi connectivity index (χ1v) is 9.87. The second kappa shape index (κ2) is 7.56. The molecule has 2 aliphatic rings. The van der Waals surface area contributed by atoms with Gasteiger partial charge in [0.05, 0.1) is 4.90 Å². The van der Waals surface area contributed by atoms with Gasteiger partial charge in [-0.3, -0.25) is 4.55 Å². The van der Waals surface area contributed by atoms with E-state index in [0.29, 0.717) is 6.10 Å². The van der Waals surface area contributed by atoms with E-state index in [1.807, 2.05) is 6.92 Å². The van der Waals surface area contributed by atoms with Crippen LogP contribution >= 0.6 is 0 Å². The average Bonchev–Trinajstić information content (AvgIpc) is 3.37. The van der Waals surface area contributed by atoms with Gasteiger partial charge in [-0.2, -0.15) is 8.42 Å². The van der Waals surface area contributed by atoms with E-state index in [1.54, 1.807) is 12.1 Å². The Kier molecular flexibility index (Phi) is 5.42. The van der Waals surface area contributed by atoms with Crippen molar-refractivity contribution in [3.05, 3.63) is 59.7 Å². The zero-order valence-electron chi connectivity index (χ0n) is 14.2. The van der Waals surface area contributed by atoms with Gasteiger partial charge in [-0.1, -0.05) is 29.8 Å². The molecule has 2 aromatic carbocycles. The summed E-state index contributed by atoms with van der Waals surface area (Å²) in [5.74, 6) is 1.86. The lowest BCUT2D eigenvalue weighted by molar-refractivity contribution is 0.142. The molecule has 0 aromatic heterocycles. The van der Waals surface area contributed by atoms with Crippen LogP contribution in [0.25, 0.3) is 0 Å². The Morgan fingerprint density at radius 2 is 1.60 bits per heavy atom. The predicted molar refractivity (Wildman–Crippen MR) is 96.7 cm³/mol. The van der Waals surface area contributed by atoms with E-state index in [2.05, 4.69) is 29.6 Å². The van der Waals surface area contributed by atoms with Gasteiger partial charge in [0, 0.05) is 13.1 Å². The van der Waals surface area contributed by atoms with Crippen molar-refractivity contribution >= 4 is 10.1 Å². The fourth-order valence-electron chi connectivity index (χ4n) is 2.48. The summed E-state index contributed by atoms with van der Waals surface area (Å²) in [7, 11) is -4.02. The van der Waals surface area contributed by atoms with Gasteiger partial charge in [0.1, 0.15) is 11.9 Å². The van der Waals surface area contributed by atoms with Crippen molar-refractivity contribution in [2.45, 2.75) is 36.7 Å². The van der Waals surface area contributed by atoms with Crippen molar-refractivity contribution in [2.24, 2.45) is 0 Å². The molecule has 4 rings (SSSR count). The molecule has 0 radical (unpaired) electrons. The lowest BCUT2D eigenvalue weighted by Crippen LogP contribution is -2.50. The summed E-state index contributed by atoms with van der Waals surface area (Å²) in [4.78, 5) is -0.0666. The third-order valence-corrected chi connectivity index (χ3v) is 5.16. The Labute approximate surface area is 148 Å². The van der Waals surface area contributed by atoms with Gasteiger partial charge in [-0.25, -0.2) is 0 Å². The van der Waals surface area contributed by atoms with Crippen LogP contribution in [-0.4, -0.2) is 32.2 Å². The molecule has 5 nitrogen and oxygen atoms in total. The number of hydrogen-bond acceptors (Lipinski definition) is 4. The fourth-order valence-corrected chi connectivity index (χ4v) is 2.96. The normalized spacial score (nSPS) is 17.2. The molecule has 0 unspecified atom stereocenters. The van der Waals surface area contributed by atoms with Gasteiger partial charge in [-0.15, -0.1) is 0 Å². The molecule has 0 spiro atoms. The van der Waals surface area contributed by atoms with Crippen LogP contribution in [0.4, 0.5) is 0 Å². The van der Waals surface area contributed by atoms with Gasteiger partial charge in [0.2, 0.25) is 0 Å². The molecule has 6 heteroatoms. The number of ether oxygens (including phenoxy) is 1. The van der Waals surface area contributed by atoms with Crippen molar-refractivity contribution in [2.75, 3.05) is 13.1 Å². The zero-order valence-corrected chi connectivity index (χ0v) is 15.0. The maximum absolute atomic E-state index is 10.5. The van der Waals surface area contributed by atoms with E-state index < -0.39 is 10.1 Å². The van der Waals surface area contributed by atoms with E-state index in [4.69, 9.17) is 9.29 Å². The first kappa shape index (κ1) is 17.9. The van der Waals surface area contributed by atoms with Gasteiger partial charge in [0.25, 0.3) is 10.1 Å². The van der Waals surface area contributed by atoms with Crippen molar-refractivity contribution in [3.63, 3.8) is 0 Å². The quantitative estimate of drug-likeness (QED) is 0.818. The number of nitrogens with one attached hydrogen (secondary N) is 1. The van der Waals surface area contributed by atoms with Crippen molar-refractivity contribution in [3.8, 4) is 5.75 Å². The smallest absolute Gasteiger partial charge is 0.294 e. The summed E-state index contributed by atoms with van der Waals surface area (Å²) in [6.45, 7) is 3.82. The summed E-state index contributed by atoms with van der Waals surface area (Å²) >= 11 is 0. The molecule has 1 heterocycles. The van der Waals surface area contributed by atoms with Crippen LogP contribution in [0.3, 0.4) is 0 Å². The number of benzene rings is 2. The number of aryl methyl sites for hydroxylation is 1. The minimum atomic E-state index is -4.02. The molecule has 0 amide bonds. The van der Waals surface area contributed by atoms with Crippen LogP contribution in [-0.2, 0) is 10.1 Å². The highest BCUT2D eigenvalue weighted by atomic mass is 32.2. The predicted octanol–water partition coefficient (Wildman–Crippen LogP) is 3.16. The molecule has 2 N–H and O–H groups in total. The van der Waals surface area contributed by atoms with Crippen LogP contribution in [0.2, 0.25) is 0 Å². The topological polar surface area (TPSA) is 75.6 Å². The van der Waals surface area contributed by atoms with E-state index in [9.17, 15) is 8.42 Å². The maximum atomic E-state index is 10.5. The van der Waals surface area contributed by atoms with E-state index in [1.165, 1.54) is 30.5 Å². The molecular formula is C19H23NO4S. The molecule has 1 saturated carbocycles. The number of rotatable bonds is 4. The second-order valence-electron chi connectivity index (χ2n) is 6.53. The Morgan fingerprint density at radius 3 is 2.04 bits per heavy atom. The molecule has 0 bridgehead atoms. The van der Waals surface area contributed by atoms with Gasteiger partial charge >= 0.3 is 0 Å². The lowest BCUT2D eigenvalue weighted by atomic mass is 10.1.